The Hall–Kier alpha value is -0.940. The summed E-state index contributed by atoms with van der Waals surface area (Å²) in [6, 6.07) is 0.640. The van der Waals surface area contributed by atoms with Gasteiger partial charge in [0.15, 0.2) is 0 Å². The van der Waals surface area contributed by atoms with Gasteiger partial charge in [-0.1, -0.05) is 27.7 Å². The Balaban J connectivity index is 2.01. The minimum absolute atomic E-state index is 0.0738. The molecule has 5 heteroatoms. The molecule has 0 unspecified atom stereocenters. The van der Waals surface area contributed by atoms with Gasteiger partial charge in [0.2, 0.25) is 11.8 Å². The highest BCUT2D eigenvalue weighted by Crippen LogP contribution is 2.22. The molecule has 2 rings (SSSR count). The molecule has 0 saturated carbocycles. The third kappa shape index (κ3) is 4.03. The van der Waals surface area contributed by atoms with E-state index < -0.39 is 0 Å². The molecule has 20 heavy (non-hydrogen) atoms. The Labute approximate surface area is 122 Å². The van der Waals surface area contributed by atoms with Crippen LogP contribution in [-0.2, 0) is 12.0 Å². The smallest absolute Gasteiger partial charge is 0.230 e. The molecular weight excluding hydrogens is 252 g/mol. The lowest BCUT2D eigenvalue weighted by atomic mass is 9.97. The van der Waals surface area contributed by atoms with Gasteiger partial charge in [0.1, 0.15) is 0 Å². The van der Waals surface area contributed by atoms with Crippen LogP contribution in [0.15, 0.2) is 4.42 Å². The Morgan fingerprint density at radius 3 is 2.50 bits per heavy atom. The molecule has 0 amide bonds. The van der Waals surface area contributed by atoms with Crippen molar-refractivity contribution in [2.24, 2.45) is 0 Å². The van der Waals surface area contributed by atoms with Gasteiger partial charge in [0.25, 0.3) is 0 Å². The Bertz CT molecular complexity index is 404. The molecule has 1 aliphatic heterocycles. The van der Waals surface area contributed by atoms with Crippen molar-refractivity contribution in [1.29, 1.82) is 0 Å². The quantitative estimate of drug-likeness (QED) is 0.897. The van der Waals surface area contributed by atoms with Gasteiger partial charge in [-0.25, -0.2) is 0 Å². The summed E-state index contributed by atoms with van der Waals surface area (Å²) in [5.41, 5.74) is -0.0738. The number of hydrogen-bond donors (Lipinski definition) is 1. The fourth-order valence-electron chi connectivity index (χ4n) is 2.64. The Kier molecular flexibility index (Phi) is 5.16. The molecule has 0 bridgehead atoms. The highest BCUT2D eigenvalue weighted by molar-refractivity contribution is 4.96. The topological polar surface area (TPSA) is 54.2 Å². The minimum Gasteiger partial charge on any atom is -0.423 e. The van der Waals surface area contributed by atoms with Crippen molar-refractivity contribution in [3.8, 4) is 0 Å². The first-order valence-electron chi connectivity index (χ1n) is 7.78. The zero-order valence-electron chi connectivity index (χ0n) is 13.3. The molecular formula is C15H28N4O. The number of rotatable bonds is 5. The number of nitrogens with zero attached hydrogens (tertiary/aromatic N) is 3. The van der Waals surface area contributed by atoms with Gasteiger partial charge >= 0.3 is 0 Å². The molecule has 0 atom stereocenters. The predicted octanol–water partition coefficient (Wildman–Crippen LogP) is 2.33. The number of nitrogens with one attached hydrogen (secondary N) is 1. The lowest BCUT2D eigenvalue weighted by Crippen LogP contribution is -2.43. The van der Waals surface area contributed by atoms with Crippen molar-refractivity contribution < 1.29 is 4.42 Å². The van der Waals surface area contributed by atoms with Crippen LogP contribution in [0.4, 0.5) is 0 Å². The first-order chi connectivity index (χ1) is 9.50. The van der Waals surface area contributed by atoms with Gasteiger partial charge in [-0.05, 0) is 38.9 Å². The zero-order valence-corrected chi connectivity index (χ0v) is 13.3. The zero-order chi connectivity index (χ0) is 14.6. The Morgan fingerprint density at radius 2 is 1.95 bits per heavy atom. The average Bonchev–Trinajstić information content (AvgIpc) is 2.88. The SMILES string of the molecule is CCCN(Cc1nnc(C(C)(C)C)o1)C1CCNCC1. The van der Waals surface area contributed by atoms with E-state index in [1.165, 1.54) is 12.8 Å². The fraction of sp³-hybridized carbons (Fsp3) is 0.867. The lowest BCUT2D eigenvalue weighted by Gasteiger charge is -2.33. The van der Waals surface area contributed by atoms with Crippen LogP contribution in [0.25, 0.3) is 0 Å². The van der Waals surface area contributed by atoms with Crippen LogP contribution in [0, 0.1) is 0 Å². The molecule has 1 N–H and O–H groups in total. The van der Waals surface area contributed by atoms with E-state index in [-0.39, 0.29) is 5.41 Å². The molecule has 5 nitrogen and oxygen atoms in total. The highest BCUT2D eigenvalue weighted by atomic mass is 16.4. The van der Waals surface area contributed by atoms with E-state index in [0.717, 1.165) is 44.4 Å². The fourth-order valence-corrected chi connectivity index (χ4v) is 2.64. The molecule has 1 aromatic heterocycles. The summed E-state index contributed by atoms with van der Waals surface area (Å²) in [4.78, 5) is 2.50. The third-order valence-corrected chi connectivity index (χ3v) is 3.78. The van der Waals surface area contributed by atoms with Crippen molar-refractivity contribution in [3.05, 3.63) is 11.8 Å². The van der Waals surface area contributed by atoms with Crippen LogP contribution in [-0.4, -0.2) is 40.8 Å². The van der Waals surface area contributed by atoms with Gasteiger partial charge in [-0.15, -0.1) is 10.2 Å². The summed E-state index contributed by atoms with van der Waals surface area (Å²) in [5.74, 6) is 1.48. The van der Waals surface area contributed by atoms with E-state index in [2.05, 4.69) is 48.1 Å². The molecule has 0 radical (unpaired) electrons. The second-order valence-electron chi connectivity index (χ2n) is 6.70. The van der Waals surface area contributed by atoms with E-state index >= 15 is 0 Å². The van der Waals surface area contributed by atoms with E-state index in [9.17, 15) is 0 Å². The summed E-state index contributed by atoms with van der Waals surface area (Å²) in [6.45, 7) is 12.6. The van der Waals surface area contributed by atoms with Crippen LogP contribution in [0.1, 0.15) is 58.7 Å². The summed E-state index contributed by atoms with van der Waals surface area (Å²) in [5, 5.41) is 11.8. The second-order valence-corrected chi connectivity index (χ2v) is 6.70. The van der Waals surface area contributed by atoms with Gasteiger partial charge in [0.05, 0.1) is 6.54 Å². The monoisotopic (exact) mass is 280 g/mol. The van der Waals surface area contributed by atoms with Gasteiger partial charge < -0.3 is 9.73 Å². The summed E-state index contributed by atoms with van der Waals surface area (Å²) in [6.07, 6.45) is 3.57. The second kappa shape index (κ2) is 6.68. The maximum Gasteiger partial charge on any atom is 0.230 e. The minimum atomic E-state index is -0.0738. The molecule has 1 aliphatic rings. The molecule has 0 aromatic carbocycles. The highest BCUT2D eigenvalue weighted by Gasteiger charge is 2.25. The number of hydrogen-bond acceptors (Lipinski definition) is 5. The lowest BCUT2D eigenvalue weighted by molar-refractivity contribution is 0.139. The first-order valence-corrected chi connectivity index (χ1v) is 7.78. The number of piperidine rings is 1. The molecule has 0 aliphatic carbocycles. The van der Waals surface area contributed by atoms with Gasteiger partial charge in [-0.3, -0.25) is 4.90 Å². The van der Waals surface area contributed by atoms with Crippen molar-refractivity contribution in [1.82, 2.24) is 20.4 Å². The van der Waals surface area contributed by atoms with Crippen molar-refractivity contribution in [2.75, 3.05) is 19.6 Å². The van der Waals surface area contributed by atoms with Crippen LogP contribution < -0.4 is 5.32 Å². The normalized spacial score (nSPS) is 17.9. The van der Waals surface area contributed by atoms with Crippen LogP contribution >= 0.6 is 0 Å². The third-order valence-electron chi connectivity index (χ3n) is 3.78. The van der Waals surface area contributed by atoms with Gasteiger partial charge in [-0.2, -0.15) is 0 Å². The van der Waals surface area contributed by atoms with Crippen molar-refractivity contribution >= 4 is 0 Å². The molecule has 2 heterocycles. The van der Waals surface area contributed by atoms with Crippen molar-refractivity contribution in [2.45, 2.75) is 65.0 Å². The van der Waals surface area contributed by atoms with Crippen LogP contribution in [0.2, 0.25) is 0 Å². The van der Waals surface area contributed by atoms with E-state index in [4.69, 9.17) is 4.42 Å². The first kappa shape index (κ1) is 15.4. The molecule has 1 aromatic rings. The van der Waals surface area contributed by atoms with Crippen LogP contribution in [0.3, 0.4) is 0 Å². The summed E-state index contributed by atoms with van der Waals surface area (Å²) < 4.78 is 5.84. The molecule has 1 fully saturated rings. The van der Waals surface area contributed by atoms with E-state index in [1.807, 2.05) is 0 Å². The predicted molar refractivity (Wildman–Crippen MR) is 79.6 cm³/mol. The maximum absolute atomic E-state index is 5.84. The average molecular weight is 280 g/mol. The van der Waals surface area contributed by atoms with Crippen molar-refractivity contribution in [3.63, 3.8) is 0 Å². The largest absolute Gasteiger partial charge is 0.423 e. The summed E-state index contributed by atoms with van der Waals surface area (Å²) >= 11 is 0. The maximum atomic E-state index is 5.84. The Morgan fingerprint density at radius 1 is 1.25 bits per heavy atom. The van der Waals surface area contributed by atoms with E-state index in [1.54, 1.807) is 0 Å². The summed E-state index contributed by atoms with van der Waals surface area (Å²) in [7, 11) is 0. The molecule has 1 saturated heterocycles. The molecule has 114 valence electrons. The molecule has 0 spiro atoms. The van der Waals surface area contributed by atoms with Gasteiger partial charge in [0, 0.05) is 11.5 Å². The number of aromatic nitrogens is 2. The van der Waals surface area contributed by atoms with E-state index in [0.29, 0.717) is 6.04 Å². The standard InChI is InChI=1S/C15H28N4O/c1-5-10-19(12-6-8-16-9-7-12)11-13-17-18-14(20-13)15(2,3)4/h12,16H,5-11H2,1-4H3. The van der Waals surface area contributed by atoms with Crippen LogP contribution in [0.5, 0.6) is 0 Å².